The van der Waals surface area contributed by atoms with Crippen molar-refractivity contribution in [3.05, 3.63) is 11.1 Å². The van der Waals surface area contributed by atoms with E-state index in [1.165, 1.54) is 31.3 Å². The first-order chi connectivity index (χ1) is 6.29. The van der Waals surface area contributed by atoms with E-state index in [9.17, 15) is 0 Å². The van der Waals surface area contributed by atoms with Crippen LogP contribution in [0, 0.1) is 11.8 Å². The smallest absolute Gasteiger partial charge is 0.0176 e. The van der Waals surface area contributed by atoms with E-state index in [0.717, 1.165) is 24.4 Å². The second-order valence-electron chi connectivity index (χ2n) is 4.62. The molecule has 0 radical (unpaired) electrons. The fourth-order valence-electron chi connectivity index (χ4n) is 2.83. The van der Waals surface area contributed by atoms with E-state index >= 15 is 0 Å². The van der Waals surface area contributed by atoms with Gasteiger partial charge < -0.3 is 5.32 Å². The topological polar surface area (TPSA) is 12.0 Å². The highest BCUT2D eigenvalue weighted by Gasteiger charge is 2.38. The average Bonchev–Trinajstić information content (AvgIpc) is 2.74. The highest BCUT2D eigenvalue weighted by molar-refractivity contribution is 6.25. The lowest BCUT2D eigenvalue weighted by molar-refractivity contribution is 0.361. The first-order valence-electron chi connectivity index (χ1n) is 5.29. The summed E-state index contributed by atoms with van der Waals surface area (Å²) in [5, 5.41) is 3.61. The molecule has 0 aromatic heterocycles. The Kier molecular flexibility index (Phi) is 2.95. The molecular weight excluding hydrogens is 182 g/mol. The van der Waals surface area contributed by atoms with Crippen LogP contribution < -0.4 is 5.32 Å². The van der Waals surface area contributed by atoms with E-state index in [1.54, 1.807) is 5.54 Å². The zero-order chi connectivity index (χ0) is 9.26. The highest BCUT2D eigenvalue weighted by Crippen LogP contribution is 2.44. The van der Waals surface area contributed by atoms with Gasteiger partial charge in [0.2, 0.25) is 0 Å². The Bertz CT molecular complexity index is 212. The predicted octanol–water partition coefficient (Wildman–Crippen LogP) is 2.91. The molecule has 2 heteroatoms. The summed E-state index contributed by atoms with van der Waals surface area (Å²) in [5.41, 5.74) is 2.92. The van der Waals surface area contributed by atoms with E-state index in [0.29, 0.717) is 0 Å². The molecule has 1 N–H and O–H groups in total. The van der Waals surface area contributed by atoms with Crippen LogP contribution in [0.5, 0.6) is 0 Å². The maximum atomic E-state index is 5.61. The second kappa shape index (κ2) is 4.02. The van der Waals surface area contributed by atoms with Gasteiger partial charge in [-0.3, -0.25) is 0 Å². The molecule has 1 nitrogen and oxygen atoms in total. The Balaban J connectivity index is 1.77. The number of halogens is 1. The monoisotopic (exact) mass is 199 g/mol. The van der Waals surface area contributed by atoms with Crippen molar-refractivity contribution < 1.29 is 0 Å². The zero-order valence-electron chi connectivity index (χ0n) is 8.22. The van der Waals surface area contributed by atoms with Crippen molar-refractivity contribution in [1.29, 1.82) is 0 Å². The van der Waals surface area contributed by atoms with Crippen LogP contribution in [0.15, 0.2) is 11.1 Å². The minimum absolute atomic E-state index is 0.783. The van der Waals surface area contributed by atoms with Gasteiger partial charge in [-0.2, -0.15) is 0 Å². The second-order valence-corrected chi connectivity index (χ2v) is 4.84. The molecule has 2 rings (SSSR count). The summed E-state index contributed by atoms with van der Waals surface area (Å²) in [5.74, 6) is 2.00. The van der Waals surface area contributed by atoms with Crippen LogP contribution >= 0.6 is 11.6 Å². The Hall–Kier alpha value is -0.0100. The maximum Gasteiger partial charge on any atom is 0.0176 e. The molecule has 13 heavy (non-hydrogen) atoms. The third kappa shape index (κ3) is 2.08. The van der Waals surface area contributed by atoms with Crippen LogP contribution in [-0.2, 0) is 0 Å². The molecule has 2 fully saturated rings. The summed E-state index contributed by atoms with van der Waals surface area (Å²) in [4.78, 5) is 0. The Labute approximate surface area is 85.5 Å². The summed E-state index contributed by atoms with van der Waals surface area (Å²) >= 11 is 5.61. The summed E-state index contributed by atoms with van der Waals surface area (Å²) in [6, 6.07) is 0.783. The molecule has 2 bridgehead atoms. The molecule has 2 aliphatic carbocycles. The van der Waals surface area contributed by atoms with Crippen LogP contribution in [-0.4, -0.2) is 12.6 Å². The van der Waals surface area contributed by atoms with Crippen molar-refractivity contribution >= 4 is 11.6 Å². The summed E-state index contributed by atoms with van der Waals surface area (Å²) < 4.78 is 0. The lowest BCUT2D eigenvalue weighted by Gasteiger charge is -2.22. The fourth-order valence-corrected chi connectivity index (χ4v) is 2.90. The molecule has 0 amide bonds. The van der Waals surface area contributed by atoms with Crippen LogP contribution in [0.2, 0.25) is 0 Å². The van der Waals surface area contributed by atoms with E-state index in [1.807, 2.05) is 0 Å². The van der Waals surface area contributed by atoms with Gasteiger partial charge in [0.15, 0.2) is 0 Å². The Morgan fingerprint density at radius 1 is 1.46 bits per heavy atom. The van der Waals surface area contributed by atoms with Crippen LogP contribution in [0.25, 0.3) is 0 Å². The van der Waals surface area contributed by atoms with Gasteiger partial charge in [0.25, 0.3) is 0 Å². The minimum atomic E-state index is 0.783. The number of rotatable bonds is 3. The molecule has 3 unspecified atom stereocenters. The predicted molar refractivity (Wildman–Crippen MR) is 56.8 cm³/mol. The molecule has 0 aliphatic heterocycles. The minimum Gasteiger partial charge on any atom is -0.310 e. The molecule has 2 saturated carbocycles. The van der Waals surface area contributed by atoms with Gasteiger partial charge >= 0.3 is 0 Å². The first-order valence-corrected chi connectivity index (χ1v) is 5.72. The van der Waals surface area contributed by atoms with Crippen molar-refractivity contribution in [2.45, 2.75) is 38.6 Å². The van der Waals surface area contributed by atoms with E-state index in [4.69, 9.17) is 11.6 Å². The van der Waals surface area contributed by atoms with Gasteiger partial charge in [0.05, 0.1) is 0 Å². The zero-order valence-corrected chi connectivity index (χ0v) is 8.98. The Morgan fingerprint density at radius 3 is 2.85 bits per heavy atom. The molecular formula is C11H18ClN. The maximum absolute atomic E-state index is 5.61. The van der Waals surface area contributed by atoms with Crippen LogP contribution in [0.3, 0.4) is 0 Å². The first kappa shape index (κ1) is 9.54. The number of fused-ring (bicyclic) bond motifs is 2. The standard InChI is InChI=1S/C11H18ClN/c1-8(6-12)7-13-11-5-9-2-3-10(11)4-9/h6,9-11,13H,2-5,7H2,1H3/b8-6+. The van der Waals surface area contributed by atoms with Gasteiger partial charge in [-0.1, -0.05) is 18.0 Å². The Morgan fingerprint density at radius 2 is 2.31 bits per heavy atom. The molecule has 0 saturated heterocycles. The quantitative estimate of drug-likeness (QED) is 0.737. The third-order valence-corrected chi connectivity index (χ3v) is 3.94. The number of nitrogens with one attached hydrogen (secondary N) is 1. The normalized spacial score (nSPS) is 38.6. The van der Waals surface area contributed by atoms with Crippen molar-refractivity contribution in [2.24, 2.45) is 11.8 Å². The SMILES string of the molecule is C/C(=C\Cl)CNC1CC2CCC1C2. The van der Waals surface area contributed by atoms with Crippen molar-refractivity contribution in [3.8, 4) is 0 Å². The van der Waals surface area contributed by atoms with Crippen LogP contribution in [0.1, 0.15) is 32.6 Å². The van der Waals surface area contributed by atoms with Gasteiger partial charge in [-0.15, -0.1) is 0 Å². The lowest BCUT2D eigenvalue weighted by Crippen LogP contribution is -2.34. The lowest BCUT2D eigenvalue weighted by atomic mass is 9.95. The van der Waals surface area contributed by atoms with Crippen LogP contribution in [0.4, 0.5) is 0 Å². The van der Waals surface area contributed by atoms with Crippen molar-refractivity contribution in [2.75, 3.05) is 6.54 Å². The summed E-state index contributed by atoms with van der Waals surface area (Å²) in [6.07, 6.45) is 5.81. The average molecular weight is 200 g/mol. The van der Waals surface area contributed by atoms with Crippen molar-refractivity contribution in [1.82, 2.24) is 5.32 Å². The number of hydrogen-bond acceptors (Lipinski definition) is 1. The van der Waals surface area contributed by atoms with Gasteiger partial charge in [-0.05, 0) is 43.6 Å². The number of hydrogen-bond donors (Lipinski definition) is 1. The highest BCUT2D eigenvalue weighted by atomic mass is 35.5. The molecule has 0 aromatic carbocycles. The molecule has 3 atom stereocenters. The fraction of sp³-hybridized carbons (Fsp3) is 0.818. The van der Waals surface area contributed by atoms with Crippen molar-refractivity contribution in [3.63, 3.8) is 0 Å². The third-order valence-electron chi connectivity index (χ3n) is 3.57. The van der Waals surface area contributed by atoms with Gasteiger partial charge in [0, 0.05) is 18.1 Å². The van der Waals surface area contributed by atoms with Gasteiger partial charge in [-0.25, -0.2) is 0 Å². The molecule has 2 aliphatic rings. The summed E-state index contributed by atoms with van der Waals surface area (Å²) in [6.45, 7) is 3.05. The van der Waals surface area contributed by atoms with Gasteiger partial charge in [0.1, 0.15) is 0 Å². The molecule has 74 valence electrons. The summed E-state index contributed by atoms with van der Waals surface area (Å²) in [7, 11) is 0. The largest absolute Gasteiger partial charge is 0.310 e. The molecule has 0 spiro atoms. The van der Waals surface area contributed by atoms with E-state index < -0.39 is 0 Å². The molecule has 0 heterocycles. The van der Waals surface area contributed by atoms with E-state index in [-0.39, 0.29) is 0 Å². The van der Waals surface area contributed by atoms with E-state index in [2.05, 4.69) is 12.2 Å². The molecule has 0 aromatic rings.